The number of hydrogen-bond donors (Lipinski definition) is 1. The van der Waals surface area contributed by atoms with Crippen LogP contribution in [-0.2, 0) is 15.1 Å². The summed E-state index contributed by atoms with van der Waals surface area (Å²) < 4.78 is 10.6. The van der Waals surface area contributed by atoms with Gasteiger partial charge in [0.25, 0.3) is 11.8 Å². The average Bonchev–Trinajstić information content (AvgIpc) is 3.67. The first-order valence-electron chi connectivity index (χ1n) is 12.5. The maximum absolute atomic E-state index is 13.8. The van der Waals surface area contributed by atoms with Crippen LogP contribution in [0.5, 0.6) is 5.88 Å². The highest BCUT2D eigenvalue weighted by atomic mass is 32.1. The zero-order valence-corrected chi connectivity index (χ0v) is 22.5. The van der Waals surface area contributed by atoms with E-state index in [1.165, 1.54) is 7.11 Å². The van der Waals surface area contributed by atoms with Crippen LogP contribution in [0.3, 0.4) is 0 Å². The van der Waals surface area contributed by atoms with Crippen molar-refractivity contribution in [2.45, 2.75) is 58.0 Å². The van der Waals surface area contributed by atoms with E-state index < -0.39 is 11.5 Å². The van der Waals surface area contributed by atoms with Crippen molar-refractivity contribution >= 4 is 29.0 Å². The summed E-state index contributed by atoms with van der Waals surface area (Å²) in [4.78, 5) is 39.1. The molecule has 2 aromatic heterocycles. The van der Waals surface area contributed by atoms with Gasteiger partial charge >= 0.3 is 0 Å². The highest BCUT2D eigenvalue weighted by Crippen LogP contribution is 2.36. The highest BCUT2D eigenvalue weighted by Gasteiger charge is 2.46. The molecule has 1 fully saturated rings. The van der Waals surface area contributed by atoms with Crippen molar-refractivity contribution < 1.29 is 18.8 Å². The first kappa shape index (κ1) is 25.1. The average molecular weight is 522 g/mol. The molecule has 2 aliphatic heterocycles. The number of aliphatic imine (C=N–C) groups is 1. The molecular weight excluding hydrogens is 490 g/mol. The number of benzene rings is 1. The van der Waals surface area contributed by atoms with Crippen LogP contribution < -0.4 is 10.1 Å². The van der Waals surface area contributed by atoms with Crippen LogP contribution in [0.15, 0.2) is 45.4 Å². The summed E-state index contributed by atoms with van der Waals surface area (Å²) in [5, 5.41) is 6.88. The maximum atomic E-state index is 13.8. The van der Waals surface area contributed by atoms with Crippen molar-refractivity contribution in [3.05, 3.63) is 52.9 Å². The Kier molecular flexibility index (Phi) is 6.61. The number of rotatable bonds is 7. The number of nitrogens with one attached hydrogen (secondary N) is 1. The lowest BCUT2D eigenvalue weighted by Crippen LogP contribution is -2.48. The molecule has 3 unspecified atom stereocenters. The molecule has 194 valence electrons. The number of aromatic nitrogens is 2. The minimum absolute atomic E-state index is 0.0162. The van der Waals surface area contributed by atoms with Crippen LogP contribution >= 0.6 is 11.3 Å². The Morgan fingerprint density at radius 3 is 2.68 bits per heavy atom. The molecule has 0 aliphatic carbocycles. The second-order valence-corrected chi connectivity index (χ2v) is 10.9. The van der Waals surface area contributed by atoms with Crippen molar-refractivity contribution in [1.29, 1.82) is 0 Å². The van der Waals surface area contributed by atoms with Gasteiger partial charge in [-0.1, -0.05) is 38.1 Å². The number of carbonyl (C=O) groups is 2. The lowest BCUT2D eigenvalue weighted by molar-refractivity contribution is -0.134. The van der Waals surface area contributed by atoms with E-state index in [0.717, 1.165) is 34.5 Å². The minimum atomic E-state index is -1.07. The minimum Gasteiger partial charge on any atom is -0.479 e. The van der Waals surface area contributed by atoms with Crippen molar-refractivity contribution in [2.75, 3.05) is 13.7 Å². The zero-order valence-electron chi connectivity index (χ0n) is 21.6. The lowest BCUT2D eigenvalue weighted by atomic mass is 9.91. The summed E-state index contributed by atoms with van der Waals surface area (Å²) in [5.74, 6) is 0.571. The summed E-state index contributed by atoms with van der Waals surface area (Å²) in [6.07, 6.45) is 1.56. The van der Waals surface area contributed by atoms with Crippen LogP contribution in [0.2, 0.25) is 0 Å². The number of aryl methyl sites for hydroxylation is 1. The fourth-order valence-corrected chi connectivity index (χ4v) is 5.99. The van der Waals surface area contributed by atoms with Crippen LogP contribution in [-0.4, -0.2) is 52.4 Å². The molecule has 37 heavy (non-hydrogen) atoms. The Bertz CT molecular complexity index is 1340. The number of likely N-dealkylation sites (tertiary alicyclic amines) is 1. The SMILES string of the molecule is COc1cc(C(C(=O)N2CCCC2C2=NC(C)(c3ccc(-c4scnc4C)cc3)C(=O)N2)C(C)C)on1. The second-order valence-electron chi connectivity index (χ2n) is 10.1. The zero-order chi connectivity index (χ0) is 26.3. The smallest absolute Gasteiger partial charge is 0.257 e. The fraction of sp³-hybridized carbons (Fsp3) is 0.444. The van der Waals surface area contributed by atoms with Gasteiger partial charge in [-0.15, -0.1) is 11.3 Å². The monoisotopic (exact) mass is 521 g/mol. The summed E-state index contributed by atoms with van der Waals surface area (Å²) in [5.41, 5.74) is 3.61. The van der Waals surface area contributed by atoms with E-state index in [9.17, 15) is 9.59 Å². The Labute approximate surface area is 219 Å². The Balaban J connectivity index is 1.40. The summed E-state index contributed by atoms with van der Waals surface area (Å²) in [7, 11) is 1.51. The van der Waals surface area contributed by atoms with E-state index >= 15 is 0 Å². The molecule has 0 saturated carbocycles. The third-order valence-corrected chi connectivity index (χ3v) is 8.27. The van der Waals surface area contributed by atoms with E-state index in [0.29, 0.717) is 24.0 Å². The normalized spacial score (nSPS) is 22.3. The first-order valence-corrected chi connectivity index (χ1v) is 13.3. The lowest BCUT2D eigenvalue weighted by Gasteiger charge is -2.29. The second kappa shape index (κ2) is 9.74. The number of nitrogens with zero attached hydrogens (tertiary/aromatic N) is 4. The van der Waals surface area contributed by atoms with E-state index in [1.54, 1.807) is 17.4 Å². The molecule has 3 aromatic rings. The fourth-order valence-electron chi connectivity index (χ4n) is 5.18. The maximum Gasteiger partial charge on any atom is 0.257 e. The van der Waals surface area contributed by atoms with Gasteiger partial charge < -0.3 is 19.5 Å². The van der Waals surface area contributed by atoms with Crippen molar-refractivity contribution in [1.82, 2.24) is 20.4 Å². The molecule has 2 aliphatic rings. The van der Waals surface area contributed by atoms with Crippen LogP contribution in [0.4, 0.5) is 0 Å². The van der Waals surface area contributed by atoms with Crippen molar-refractivity contribution in [3.63, 3.8) is 0 Å². The third kappa shape index (κ3) is 4.43. The number of thiazole rings is 1. The molecule has 5 rings (SSSR count). The number of amidine groups is 1. The molecule has 4 heterocycles. The molecule has 0 radical (unpaired) electrons. The van der Waals surface area contributed by atoms with E-state index in [1.807, 2.05) is 62.4 Å². The summed E-state index contributed by atoms with van der Waals surface area (Å²) in [6.45, 7) is 8.35. The summed E-state index contributed by atoms with van der Waals surface area (Å²) in [6, 6.07) is 9.27. The van der Waals surface area contributed by atoms with Crippen LogP contribution in [0.25, 0.3) is 10.4 Å². The first-order chi connectivity index (χ1) is 17.7. The third-order valence-electron chi connectivity index (χ3n) is 7.29. The van der Waals surface area contributed by atoms with Gasteiger partial charge in [-0.2, -0.15) is 0 Å². The Hall–Kier alpha value is -3.53. The molecule has 3 atom stereocenters. The standard InChI is InChI=1S/C27H31N5O4S/c1-15(2)22(20-13-21(35-5)31-36-20)25(33)32-12-6-7-19(32)24-29-26(34)27(4,30-24)18-10-8-17(9-11-18)23-16(3)28-14-37-23/h8-11,13-15,19,22H,6-7,12H2,1-5H3,(H,29,30,34). The predicted octanol–water partition coefficient (Wildman–Crippen LogP) is 4.29. The molecule has 1 saturated heterocycles. The summed E-state index contributed by atoms with van der Waals surface area (Å²) >= 11 is 1.59. The van der Waals surface area contributed by atoms with Gasteiger partial charge in [0.1, 0.15) is 11.8 Å². The van der Waals surface area contributed by atoms with E-state index in [2.05, 4.69) is 15.5 Å². The van der Waals surface area contributed by atoms with Crippen molar-refractivity contribution in [2.24, 2.45) is 10.9 Å². The molecule has 1 aromatic carbocycles. The number of hydrogen-bond acceptors (Lipinski definition) is 8. The number of carbonyl (C=O) groups excluding carboxylic acids is 2. The largest absolute Gasteiger partial charge is 0.479 e. The molecule has 2 amide bonds. The Morgan fingerprint density at radius 2 is 2.05 bits per heavy atom. The molecular formula is C27H31N5O4S. The van der Waals surface area contributed by atoms with Crippen LogP contribution in [0.1, 0.15) is 56.5 Å². The van der Waals surface area contributed by atoms with Gasteiger partial charge in [-0.3, -0.25) is 9.59 Å². The molecule has 10 heteroatoms. The van der Waals surface area contributed by atoms with Gasteiger partial charge in [0.15, 0.2) is 11.3 Å². The van der Waals surface area contributed by atoms with Gasteiger partial charge in [-0.05, 0) is 48.9 Å². The highest BCUT2D eigenvalue weighted by molar-refractivity contribution is 7.13. The predicted molar refractivity (Wildman–Crippen MR) is 141 cm³/mol. The molecule has 9 nitrogen and oxygen atoms in total. The quantitative estimate of drug-likeness (QED) is 0.497. The topological polar surface area (TPSA) is 110 Å². The van der Waals surface area contributed by atoms with Gasteiger partial charge in [0.05, 0.1) is 29.2 Å². The van der Waals surface area contributed by atoms with Gasteiger partial charge in [0.2, 0.25) is 5.91 Å². The molecule has 0 bridgehead atoms. The van der Waals surface area contributed by atoms with Gasteiger partial charge in [0, 0.05) is 12.6 Å². The van der Waals surface area contributed by atoms with Crippen molar-refractivity contribution in [3.8, 4) is 16.3 Å². The van der Waals surface area contributed by atoms with Crippen LogP contribution in [0, 0.1) is 12.8 Å². The van der Waals surface area contributed by atoms with E-state index in [-0.39, 0.29) is 23.8 Å². The number of methoxy groups -OCH3 is 1. The Morgan fingerprint density at radius 1 is 1.30 bits per heavy atom. The van der Waals surface area contributed by atoms with E-state index in [4.69, 9.17) is 14.3 Å². The van der Waals surface area contributed by atoms with Gasteiger partial charge in [-0.25, -0.2) is 9.98 Å². The molecule has 0 spiro atoms. The number of ether oxygens (including phenoxy) is 1. The number of amides is 2. The molecule has 1 N–H and O–H groups in total.